The highest BCUT2D eigenvalue weighted by Gasteiger charge is 2.40. The van der Waals surface area contributed by atoms with E-state index in [2.05, 4.69) is 29.6 Å². The number of carboxylic acid groups (broad SMARTS) is 1. The fourth-order valence-electron chi connectivity index (χ4n) is 5.03. The van der Waals surface area contributed by atoms with Crippen molar-refractivity contribution in [1.82, 2.24) is 10.2 Å². The molecule has 0 saturated carbocycles. The summed E-state index contributed by atoms with van der Waals surface area (Å²) in [7, 11) is 0. The van der Waals surface area contributed by atoms with E-state index in [0.717, 1.165) is 22.3 Å². The molecule has 4 rings (SSSR count). The molecule has 2 N–H and O–H groups in total. The molecule has 2 aliphatic rings. The van der Waals surface area contributed by atoms with Gasteiger partial charge in [-0.05, 0) is 47.9 Å². The largest absolute Gasteiger partial charge is 0.481 e. The normalized spacial score (nSPS) is 19.7. The van der Waals surface area contributed by atoms with Crippen LogP contribution in [-0.4, -0.2) is 53.2 Å². The molecule has 2 aromatic rings. The SMILES string of the molecule is CC1CN(C(=O)C(C)(C)NC(=O)OCC2c3ccccc3-c3ccccc32)CC1CC(=O)O. The second kappa shape index (κ2) is 8.89. The topological polar surface area (TPSA) is 95.9 Å². The molecule has 2 atom stereocenters. The standard InChI is InChI=1S/C26H30N2O5/c1-16-13-28(14-17(16)12-23(29)30)24(31)26(2,3)27-25(32)33-15-22-20-10-6-4-8-18(20)19-9-5-7-11-21(19)22/h4-11,16-17,22H,12-15H2,1-3H3,(H,27,32)(H,29,30). The van der Waals surface area contributed by atoms with E-state index >= 15 is 0 Å². The van der Waals surface area contributed by atoms with Crippen LogP contribution in [0.5, 0.6) is 0 Å². The number of fused-ring (bicyclic) bond motifs is 3. The number of carboxylic acids is 1. The number of nitrogens with zero attached hydrogens (tertiary/aromatic N) is 1. The lowest BCUT2D eigenvalue weighted by Crippen LogP contribution is -2.55. The molecular formula is C26H30N2O5. The number of carbonyl (C=O) groups excluding carboxylic acids is 2. The Labute approximate surface area is 193 Å². The Morgan fingerprint density at radius 2 is 1.61 bits per heavy atom. The lowest BCUT2D eigenvalue weighted by atomic mass is 9.95. The molecule has 0 aromatic heterocycles. The van der Waals surface area contributed by atoms with Crippen LogP contribution in [0.2, 0.25) is 0 Å². The molecule has 1 aliphatic carbocycles. The second-order valence-electron chi connectivity index (χ2n) is 9.62. The van der Waals surface area contributed by atoms with E-state index in [0.29, 0.717) is 13.1 Å². The van der Waals surface area contributed by atoms with E-state index in [4.69, 9.17) is 9.84 Å². The van der Waals surface area contributed by atoms with Gasteiger partial charge in [-0.15, -0.1) is 0 Å². The predicted octanol–water partition coefficient (Wildman–Crippen LogP) is 3.87. The van der Waals surface area contributed by atoms with Crippen LogP contribution in [0.1, 0.15) is 44.2 Å². The highest BCUT2D eigenvalue weighted by molar-refractivity contribution is 5.89. The molecule has 2 unspecified atom stereocenters. The molecular weight excluding hydrogens is 420 g/mol. The summed E-state index contributed by atoms with van der Waals surface area (Å²) in [5.41, 5.74) is 3.38. The number of likely N-dealkylation sites (tertiary alicyclic amines) is 1. The third kappa shape index (κ3) is 4.58. The van der Waals surface area contributed by atoms with Crippen molar-refractivity contribution in [3.05, 3.63) is 59.7 Å². The van der Waals surface area contributed by atoms with Gasteiger partial charge in [0, 0.05) is 19.0 Å². The average molecular weight is 451 g/mol. The van der Waals surface area contributed by atoms with Gasteiger partial charge in [0.1, 0.15) is 12.1 Å². The van der Waals surface area contributed by atoms with Crippen molar-refractivity contribution in [2.45, 2.75) is 38.6 Å². The summed E-state index contributed by atoms with van der Waals surface area (Å²) in [6.07, 6.45) is -0.616. The van der Waals surface area contributed by atoms with Crippen molar-refractivity contribution in [2.24, 2.45) is 11.8 Å². The number of ether oxygens (including phenoxy) is 1. The average Bonchev–Trinajstić information content (AvgIpc) is 3.28. The number of aliphatic carboxylic acids is 1. The third-order valence-electron chi connectivity index (χ3n) is 6.78. The molecule has 2 amide bonds. The molecule has 0 radical (unpaired) electrons. The number of alkyl carbamates (subject to hydrolysis) is 1. The van der Waals surface area contributed by atoms with Crippen LogP contribution in [0.4, 0.5) is 4.79 Å². The maximum atomic E-state index is 13.1. The van der Waals surface area contributed by atoms with E-state index in [9.17, 15) is 14.4 Å². The summed E-state index contributed by atoms with van der Waals surface area (Å²) < 4.78 is 5.58. The predicted molar refractivity (Wildman–Crippen MR) is 124 cm³/mol. The van der Waals surface area contributed by atoms with E-state index in [1.807, 2.05) is 31.2 Å². The number of hydrogen-bond acceptors (Lipinski definition) is 4. The first kappa shape index (κ1) is 22.8. The molecule has 7 nitrogen and oxygen atoms in total. The van der Waals surface area contributed by atoms with E-state index in [1.54, 1.807) is 18.7 Å². The van der Waals surface area contributed by atoms with Gasteiger partial charge in [0.25, 0.3) is 0 Å². The van der Waals surface area contributed by atoms with Gasteiger partial charge in [-0.1, -0.05) is 55.5 Å². The van der Waals surface area contributed by atoms with Crippen molar-refractivity contribution >= 4 is 18.0 Å². The fourth-order valence-corrected chi connectivity index (χ4v) is 5.03. The number of rotatable bonds is 6. The monoisotopic (exact) mass is 450 g/mol. The molecule has 1 heterocycles. The van der Waals surface area contributed by atoms with Crippen LogP contribution in [0.15, 0.2) is 48.5 Å². The van der Waals surface area contributed by atoms with Gasteiger partial charge in [-0.3, -0.25) is 9.59 Å². The van der Waals surface area contributed by atoms with Gasteiger partial charge in [-0.25, -0.2) is 4.79 Å². The summed E-state index contributed by atoms with van der Waals surface area (Å²) in [6, 6.07) is 16.2. The Morgan fingerprint density at radius 3 is 2.18 bits per heavy atom. The van der Waals surface area contributed by atoms with Crippen LogP contribution >= 0.6 is 0 Å². The molecule has 1 fully saturated rings. The maximum absolute atomic E-state index is 13.1. The first-order valence-electron chi connectivity index (χ1n) is 11.3. The number of carbonyl (C=O) groups is 3. The van der Waals surface area contributed by atoms with Gasteiger partial charge in [0.05, 0.1) is 6.42 Å². The summed E-state index contributed by atoms with van der Waals surface area (Å²) in [5.74, 6) is -1.15. The fraction of sp³-hybridized carbons (Fsp3) is 0.423. The molecule has 1 aliphatic heterocycles. The Hall–Kier alpha value is -3.35. The Morgan fingerprint density at radius 1 is 1.03 bits per heavy atom. The van der Waals surface area contributed by atoms with Crippen molar-refractivity contribution in [1.29, 1.82) is 0 Å². The maximum Gasteiger partial charge on any atom is 0.408 e. The van der Waals surface area contributed by atoms with Gasteiger partial charge in [-0.2, -0.15) is 0 Å². The van der Waals surface area contributed by atoms with E-state index < -0.39 is 17.6 Å². The highest BCUT2D eigenvalue weighted by Crippen LogP contribution is 2.44. The molecule has 33 heavy (non-hydrogen) atoms. The van der Waals surface area contributed by atoms with Gasteiger partial charge >= 0.3 is 12.1 Å². The van der Waals surface area contributed by atoms with Crippen LogP contribution in [0.25, 0.3) is 11.1 Å². The molecule has 0 bridgehead atoms. The van der Waals surface area contributed by atoms with Crippen LogP contribution in [0.3, 0.4) is 0 Å². The third-order valence-corrected chi connectivity index (χ3v) is 6.78. The Bertz CT molecular complexity index is 1030. The van der Waals surface area contributed by atoms with Crippen LogP contribution < -0.4 is 5.32 Å². The minimum absolute atomic E-state index is 0.0329. The zero-order valence-corrected chi connectivity index (χ0v) is 19.2. The van der Waals surface area contributed by atoms with E-state index in [-0.39, 0.29) is 36.7 Å². The lowest BCUT2D eigenvalue weighted by molar-refractivity contribution is -0.139. The lowest BCUT2D eigenvalue weighted by Gasteiger charge is -2.30. The minimum Gasteiger partial charge on any atom is -0.481 e. The summed E-state index contributed by atoms with van der Waals surface area (Å²) in [6.45, 7) is 6.27. The molecule has 7 heteroatoms. The zero-order valence-electron chi connectivity index (χ0n) is 19.2. The van der Waals surface area contributed by atoms with E-state index in [1.165, 1.54) is 0 Å². The number of nitrogens with one attached hydrogen (secondary N) is 1. The quantitative estimate of drug-likeness (QED) is 0.697. The van der Waals surface area contributed by atoms with Gasteiger partial charge < -0.3 is 20.1 Å². The summed E-state index contributed by atoms with van der Waals surface area (Å²) >= 11 is 0. The van der Waals surface area contributed by atoms with Crippen molar-refractivity contribution in [2.75, 3.05) is 19.7 Å². The number of hydrogen-bond donors (Lipinski definition) is 2. The first-order valence-corrected chi connectivity index (χ1v) is 11.3. The molecule has 174 valence electrons. The Balaban J connectivity index is 1.38. The first-order chi connectivity index (χ1) is 15.7. The second-order valence-corrected chi connectivity index (χ2v) is 9.62. The van der Waals surface area contributed by atoms with Crippen molar-refractivity contribution < 1.29 is 24.2 Å². The zero-order chi connectivity index (χ0) is 23.8. The van der Waals surface area contributed by atoms with Crippen LogP contribution in [-0.2, 0) is 14.3 Å². The van der Waals surface area contributed by atoms with Crippen molar-refractivity contribution in [3.63, 3.8) is 0 Å². The van der Waals surface area contributed by atoms with Gasteiger partial charge in [0.2, 0.25) is 5.91 Å². The Kier molecular flexibility index (Phi) is 6.15. The molecule has 0 spiro atoms. The smallest absolute Gasteiger partial charge is 0.408 e. The summed E-state index contributed by atoms with van der Waals surface area (Å²) in [4.78, 5) is 38.4. The number of amides is 2. The van der Waals surface area contributed by atoms with Gasteiger partial charge in [0.15, 0.2) is 0 Å². The number of benzene rings is 2. The van der Waals surface area contributed by atoms with Crippen LogP contribution in [0, 0.1) is 11.8 Å². The molecule has 2 aromatic carbocycles. The van der Waals surface area contributed by atoms with Crippen molar-refractivity contribution in [3.8, 4) is 11.1 Å². The minimum atomic E-state index is -1.17. The molecule has 1 saturated heterocycles. The highest BCUT2D eigenvalue weighted by atomic mass is 16.5. The summed E-state index contributed by atoms with van der Waals surface area (Å²) in [5, 5.41) is 11.8.